The van der Waals surface area contributed by atoms with Crippen LogP contribution in [-0.2, 0) is 17.1 Å². The van der Waals surface area contributed by atoms with Gasteiger partial charge in [0.05, 0.1) is 6.33 Å². The summed E-state index contributed by atoms with van der Waals surface area (Å²) in [5.74, 6) is -0.0359. The summed E-state index contributed by atoms with van der Waals surface area (Å²) in [4.78, 5) is 3.71. The maximum Gasteiger partial charge on any atom is 0.260 e. The molecule has 0 aliphatic heterocycles. The van der Waals surface area contributed by atoms with Crippen LogP contribution in [0.25, 0.3) is 0 Å². The number of anilines is 1. The van der Waals surface area contributed by atoms with E-state index in [2.05, 4.69) is 9.71 Å². The molecular weight excluding hydrogens is 232 g/mol. The number of nitrogens with zero attached hydrogens (tertiary/aromatic N) is 2. The van der Waals surface area contributed by atoms with E-state index >= 15 is 0 Å². The molecular formula is C8H16N4O3S. The summed E-state index contributed by atoms with van der Waals surface area (Å²) < 4.78 is 27.5. The summed E-state index contributed by atoms with van der Waals surface area (Å²) in [6.45, 7) is 1.59. The van der Waals surface area contributed by atoms with Crippen LogP contribution in [0.1, 0.15) is 13.3 Å². The molecule has 0 amide bonds. The van der Waals surface area contributed by atoms with Crippen LogP contribution in [0.3, 0.4) is 0 Å². The fraction of sp³-hybridized carbons (Fsp3) is 0.625. The number of nitrogens with two attached hydrogens (primary N) is 1. The Morgan fingerprint density at radius 2 is 2.31 bits per heavy atom. The maximum absolute atomic E-state index is 11.9. The molecule has 4 N–H and O–H groups in total. The van der Waals surface area contributed by atoms with E-state index < -0.39 is 10.0 Å². The molecule has 8 heteroatoms. The van der Waals surface area contributed by atoms with Gasteiger partial charge >= 0.3 is 0 Å². The van der Waals surface area contributed by atoms with E-state index in [1.165, 1.54) is 10.9 Å². The predicted molar refractivity (Wildman–Crippen MR) is 59.1 cm³/mol. The summed E-state index contributed by atoms with van der Waals surface area (Å²) in [5.41, 5.74) is 5.48. The lowest BCUT2D eigenvalue weighted by atomic mass is 10.3. The molecule has 16 heavy (non-hydrogen) atoms. The van der Waals surface area contributed by atoms with Gasteiger partial charge in [-0.15, -0.1) is 0 Å². The van der Waals surface area contributed by atoms with E-state index in [9.17, 15) is 8.42 Å². The molecule has 0 aliphatic rings. The third-order valence-electron chi connectivity index (χ3n) is 2.08. The number of aryl methyl sites for hydroxylation is 1. The monoisotopic (exact) mass is 248 g/mol. The Hall–Kier alpha value is -1.12. The molecule has 0 fully saturated rings. The van der Waals surface area contributed by atoms with E-state index in [1.807, 2.05) is 0 Å². The molecule has 0 aromatic carbocycles. The van der Waals surface area contributed by atoms with Gasteiger partial charge in [0.1, 0.15) is 0 Å². The number of aliphatic hydroxyl groups is 1. The third-order valence-corrected chi connectivity index (χ3v) is 3.80. The fourth-order valence-electron chi connectivity index (χ4n) is 1.34. The molecule has 1 aromatic heterocycles. The number of hydrogen-bond acceptors (Lipinski definition) is 5. The van der Waals surface area contributed by atoms with Crippen molar-refractivity contribution in [2.45, 2.75) is 24.4 Å². The van der Waals surface area contributed by atoms with Gasteiger partial charge in [0.25, 0.3) is 10.0 Å². The van der Waals surface area contributed by atoms with Gasteiger partial charge in [-0.3, -0.25) is 0 Å². The van der Waals surface area contributed by atoms with Crippen molar-refractivity contribution in [3.63, 3.8) is 0 Å². The van der Waals surface area contributed by atoms with Crippen LogP contribution in [0, 0.1) is 0 Å². The minimum atomic E-state index is -3.69. The standard InChI is InChI=1S/C8H16N4O3S/c1-6(3-4-13)11-16(14,15)8-7(9)10-5-12(8)2/h5-6,11,13H,3-4,9H2,1-2H3. The van der Waals surface area contributed by atoms with Crippen molar-refractivity contribution in [1.82, 2.24) is 14.3 Å². The molecule has 1 unspecified atom stereocenters. The zero-order valence-corrected chi connectivity index (χ0v) is 10.0. The first-order chi connectivity index (χ1) is 7.38. The molecule has 1 aromatic rings. The molecule has 1 rings (SSSR count). The maximum atomic E-state index is 11.9. The van der Waals surface area contributed by atoms with Gasteiger partial charge in [0.15, 0.2) is 10.8 Å². The number of nitrogens with one attached hydrogen (secondary N) is 1. The number of aromatic nitrogens is 2. The average Bonchev–Trinajstić information content (AvgIpc) is 2.45. The average molecular weight is 248 g/mol. The first kappa shape index (κ1) is 12.9. The molecule has 0 bridgehead atoms. The number of aliphatic hydroxyl groups excluding tert-OH is 1. The highest BCUT2D eigenvalue weighted by Gasteiger charge is 2.23. The number of rotatable bonds is 5. The lowest BCUT2D eigenvalue weighted by Crippen LogP contribution is -2.34. The highest BCUT2D eigenvalue weighted by molar-refractivity contribution is 7.89. The molecule has 1 heterocycles. The Morgan fingerprint density at radius 3 is 2.75 bits per heavy atom. The van der Waals surface area contributed by atoms with E-state index in [-0.39, 0.29) is 23.5 Å². The molecule has 92 valence electrons. The number of sulfonamides is 1. The summed E-state index contributed by atoms with van der Waals surface area (Å²) in [6.07, 6.45) is 1.68. The summed E-state index contributed by atoms with van der Waals surface area (Å²) in [7, 11) is -2.14. The van der Waals surface area contributed by atoms with Crippen molar-refractivity contribution < 1.29 is 13.5 Å². The molecule has 0 aliphatic carbocycles. The van der Waals surface area contributed by atoms with E-state index in [4.69, 9.17) is 10.8 Å². The normalized spacial score (nSPS) is 13.9. The van der Waals surface area contributed by atoms with Crippen molar-refractivity contribution in [3.8, 4) is 0 Å². The van der Waals surface area contributed by atoms with Gasteiger partial charge in [-0.2, -0.15) is 0 Å². The smallest absolute Gasteiger partial charge is 0.260 e. The first-order valence-electron chi connectivity index (χ1n) is 4.78. The van der Waals surface area contributed by atoms with Crippen LogP contribution in [0.2, 0.25) is 0 Å². The van der Waals surface area contributed by atoms with E-state index in [1.54, 1.807) is 14.0 Å². The SMILES string of the molecule is CC(CCO)NS(=O)(=O)c1c(N)ncn1C. The minimum absolute atomic E-state index is 0.0359. The molecule has 0 saturated heterocycles. The third kappa shape index (κ3) is 2.71. The van der Waals surface area contributed by atoms with Gasteiger partial charge in [-0.05, 0) is 13.3 Å². The van der Waals surface area contributed by atoms with Gasteiger partial charge in [-0.1, -0.05) is 0 Å². The number of hydrogen-bond donors (Lipinski definition) is 3. The van der Waals surface area contributed by atoms with Crippen LogP contribution in [0.5, 0.6) is 0 Å². The second-order valence-electron chi connectivity index (χ2n) is 3.58. The summed E-state index contributed by atoms with van der Waals surface area (Å²) in [5, 5.41) is 8.64. The summed E-state index contributed by atoms with van der Waals surface area (Å²) in [6, 6.07) is -0.357. The molecule has 7 nitrogen and oxygen atoms in total. The van der Waals surface area contributed by atoms with Gasteiger partial charge in [-0.25, -0.2) is 18.1 Å². The van der Waals surface area contributed by atoms with Crippen LogP contribution < -0.4 is 10.5 Å². The van der Waals surface area contributed by atoms with Crippen molar-refractivity contribution in [2.24, 2.45) is 7.05 Å². The quantitative estimate of drug-likeness (QED) is 0.622. The Balaban J connectivity index is 2.95. The van der Waals surface area contributed by atoms with Crippen molar-refractivity contribution in [3.05, 3.63) is 6.33 Å². The molecule has 0 spiro atoms. The zero-order valence-electron chi connectivity index (χ0n) is 9.21. The van der Waals surface area contributed by atoms with Crippen LogP contribution >= 0.6 is 0 Å². The zero-order chi connectivity index (χ0) is 12.3. The minimum Gasteiger partial charge on any atom is -0.396 e. The van der Waals surface area contributed by atoms with Gasteiger partial charge < -0.3 is 15.4 Å². The Bertz CT molecular complexity index is 434. The highest BCUT2D eigenvalue weighted by atomic mass is 32.2. The largest absolute Gasteiger partial charge is 0.396 e. The van der Waals surface area contributed by atoms with Gasteiger partial charge in [0, 0.05) is 19.7 Å². The Labute approximate surface area is 94.3 Å². The fourth-order valence-corrected chi connectivity index (χ4v) is 2.85. The Kier molecular flexibility index (Phi) is 3.89. The van der Waals surface area contributed by atoms with Crippen LogP contribution in [0.15, 0.2) is 11.4 Å². The number of imidazole rings is 1. The second kappa shape index (κ2) is 4.81. The topological polar surface area (TPSA) is 110 Å². The van der Waals surface area contributed by atoms with Crippen molar-refractivity contribution in [1.29, 1.82) is 0 Å². The van der Waals surface area contributed by atoms with Crippen molar-refractivity contribution >= 4 is 15.8 Å². The predicted octanol–water partition coefficient (Wildman–Crippen LogP) is -0.948. The van der Waals surface area contributed by atoms with Crippen LogP contribution in [-0.4, -0.2) is 35.7 Å². The van der Waals surface area contributed by atoms with E-state index in [0.29, 0.717) is 6.42 Å². The summed E-state index contributed by atoms with van der Waals surface area (Å²) >= 11 is 0. The Morgan fingerprint density at radius 1 is 1.69 bits per heavy atom. The number of nitrogen functional groups attached to an aromatic ring is 1. The first-order valence-corrected chi connectivity index (χ1v) is 6.26. The lowest BCUT2D eigenvalue weighted by molar-refractivity contribution is 0.275. The molecule has 0 radical (unpaired) electrons. The highest BCUT2D eigenvalue weighted by Crippen LogP contribution is 2.15. The van der Waals surface area contributed by atoms with Crippen molar-refractivity contribution in [2.75, 3.05) is 12.3 Å². The molecule has 1 atom stereocenters. The lowest BCUT2D eigenvalue weighted by Gasteiger charge is -2.13. The molecule has 0 saturated carbocycles. The van der Waals surface area contributed by atoms with E-state index in [0.717, 1.165) is 0 Å². The van der Waals surface area contributed by atoms with Crippen LogP contribution in [0.4, 0.5) is 5.82 Å². The second-order valence-corrected chi connectivity index (χ2v) is 5.21. The van der Waals surface area contributed by atoms with Gasteiger partial charge in [0.2, 0.25) is 0 Å².